The maximum Gasteiger partial charge on any atom is 0.263 e. The maximum absolute atomic E-state index is 12.7. The average molecular weight is 384 g/mol. The number of hydrogen-bond donors (Lipinski definition) is 1. The van der Waals surface area contributed by atoms with Gasteiger partial charge in [-0.05, 0) is 23.8 Å². The number of carbonyl (C=O) groups is 1. The molecule has 2 heterocycles. The first-order valence-electron chi connectivity index (χ1n) is 8.16. The lowest BCUT2D eigenvalue weighted by atomic mass is 10.1. The molecule has 136 valence electrons. The molecule has 1 amide bonds. The first-order valence-corrected chi connectivity index (χ1v) is 8.97. The summed E-state index contributed by atoms with van der Waals surface area (Å²) in [6.07, 6.45) is 0.521. The normalized spacial score (nSPS) is 11.2. The van der Waals surface area contributed by atoms with Gasteiger partial charge in [-0.15, -0.1) is 0 Å². The van der Waals surface area contributed by atoms with Crippen molar-refractivity contribution in [1.82, 2.24) is 20.1 Å². The molecule has 4 rings (SSSR count). The highest BCUT2D eigenvalue weighted by atomic mass is 32.1. The van der Waals surface area contributed by atoms with E-state index in [0.29, 0.717) is 16.3 Å². The molecule has 0 radical (unpaired) electrons. The minimum Gasteiger partial charge on any atom is -0.348 e. The molecule has 1 N–H and O–H groups in total. The maximum atomic E-state index is 12.7. The number of aromatic nitrogens is 3. The van der Waals surface area contributed by atoms with Gasteiger partial charge in [0.15, 0.2) is 0 Å². The Kier molecular flexibility index (Phi) is 4.64. The zero-order chi connectivity index (χ0) is 18.8. The lowest BCUT2D eigenvalue weighted by Gasteiger charge is -2.06. The average Bonchev–Trinajstić information content (AvgIpc) is 3.33. The minimum absolute atomic E-state index is 0.0644. The molecule has 8 heteroatoms. The van der Waals surface area contributed by atoms with Gasteiger partial charge in [-0.1, -0.05) is 41.7 Å². The summed E-state index contributed by atoms with van der Waals surface area (Å²) in [7, 11) is 0. The largest absolute Gasteiger partial charge is 0.348 e. The van der Waals surface area contributed by atoms with Gasteiger partial charge in [0.1, 0.15) is 0 Å². The number of nitrogens with zero attached hydrogens (tertiary/aromatic N) is 3. The van der Waals surface area contributed by atoms with Crippen LogP contribution in [0.3, 0.4) is 0 Å². The highest BCUT2D eigenvalue weighted by Gasteiger charge is 2.12. The number of para-hydroxylation sites is 1. The molecule has 0 bridgehead atoms. The number of nitrogens with one attached hydrogen (secondary N) is 1. The van der Waals surface area contributed by atoms with Crippen molar-refractivity contribution in [3.63, 3.8) is 0 Å². The van der Waals surface area contributed by atoms with Crippen LogP contribution < -0.4 is 5.32 Å². The highest BCUT2D eigenvalue weighted by molar-refractivity contribution is 7.20. The van der Waals surface area contributed by atoms with Crippen molar-refractivity contribution >= 4 is 27.5 Å². The van der Waals surface area contributed by atoms with Gasteiger partial charge in [0.2, 0.25) is 5.13 Å². The molecule has 2 aromatic heterocycles. The van der Waals surface area contributed by atoms with Gasteiger partial charge in [-0.25, -0.2) is 18.4 Å². The molecule has 0 aliphatic rings. The predicted molar refractivity (Wildman–Crippen MR) is 99.3 cm³/mol. The molecule has 0 fully saturated rings. The summed E-state index contributed by atoms with van der Waals surface area (Å²) < 4.78 is 28.1. The third-order valence-electron chi connectivity index (χ3n) is 3.98. The quantitative estimate of drug-likeness (QED) is 0.557. The van der Waals surface area contributed by atoms with E-state index in [9.17, 15) is 13.6 Å². The molecule has 0 unspecified atom stereocenters. The zero-order valence-electron chi connectivity index (χ0n) is 14.0. The second-order valence-electron chi connectivity index (χ2n) is 5.87. The Balaban J connectivity index is 1.46. The van der Waals surface area contributed by atoms with E-state index >= 15 is 0 Å². The molecule has 0 aliphatic heterocycles. The molecule has 0 aliphatic carbocycles. The summed E-state index contributed by atoms with van der Waals surface area (Å²) in [4.78, 5) is 16.8. The molecule has 4 aromatic rings. The zero-order valence-corrected chi connectivity index (χ0v) is 14.8. The Morgan fingerprint density at radius 2 is 2.04 bits per heavy atom. The van der Waals surface area contributed by atoms with Gasteiger partial charge in [0.25, 0.3) is 12.3 Å². The molecule has 2 aromatic carbocycles. The summed E-state index contributed by atoms with van der Waals surface area (Å²) in [6.45, 7) is 0.158. The van der Waals surface area contributed by atoms with E-state index in [2.05, 4.69) is 15.4 Å². The first kappa shape index (κ1) is 17.3. The Morgan fingerprint density at radius 1 is 1.19 bits per heavy atom. The minimum atomic E-state index is -2.53. The Labute approximate surface area is 157 Å². The van der Waals surface area contributed by atoms with Gasteiger partial charge in [0, 0.05) is 18.3 Å². The number of alkyl halides is 2. The number of fused-ring (bicyclic) bond motifs is 1. The van der Waals surface area contributed by atoms with Crippen LogP contribution in [0.25, 0.3) is 15.3 Å². The van der Waals surface area contributed by atoms with Crippen molar-refractivity contribution in [2.75, 3.05) is 0 Å². The predicted octanol–water partition coefficient (Wildman–Crippen LogP) is 4.35. The lowest BCUT2D eigenvalue weighted by molar-refractivity contribution is 0.0951. The third-order valence-corrected chi connectivity index (χ3v) is 5.01. The van der Waals surface area contributed by atoms with E-state index in [1.165, 1.54) is 29.7 Å². The van der Waals surface area contributed by atoms with E-state index in [1.807, 2.05) is 24.3 Å². The molecular weight excluding hydrogens is 370 g/mol. The number of halogens is 2. The molecule has 0 saturated heterocycles. The summed E-state index contributed by atoms with van der Waals surface area (Å²) in [5.41, 5.74) is 1.79. The second kappa shape index (κ2) is 7.24. The van der Waals surface area contributed by atoms with Crippen molar-refractivity contribution in [2.45, 2.75) is 13.0 Å². The summed E-state index contributed by atoms with van der Waals surface area (Å²) >= 11 is 1.48. The standard InChI is InChI=1S/C19H14F2N4OS/c20-17(21)13-5-3-4-12(8-13)9-22-18(26)14-10-23-25(11-14)19-24-15-6-1-2-7-16(15)27-19/h1-8,10-11,17H,9H2,(H,22,26). The summed E-state index contributed by atoms with van der Waals surface area (Å²) in [6, 6.07) is 13.7. The van der Waals surface area contributed by atoms with E-state index < -0.39 is 6.43 Å². The van der Waals surface area contributed by atoms with Crippen molar-refractivity contribution in [3.05, 3.63) is 77.6 Å². The van der Waals surface area contributed by atoms with Crippen LogP contribution in [0.15, 0.2) is 60.9 Å². The van der Waals surface area contributed by atoms with Crippen molar-refractivity contribution in [1.29, 1.82) is 0 Å². The summed E-state index contributed by atoms with van der Waals surface area (Å²) in [5, 5.41) is 7.58. The fourth-order valence-electron chi connectivity index (χ4n) is 2.63. The van der Waals surface area contributed by atoms with Crippen LogP contribution in [0.5, 0.6) is 0 Å². The van der Waals surface area contributed by atoms with E-state index in [0.717, 1.165) is 10.2 Å². The molecule has 0 saturated carbocycles. The van der Waals surface area contributed by atoms with Crippen molar-refractivity contribution in [2.24, 2.45) is 0 Å². The van der Waals surface area contributed by atoms with Gasteiger partial charge in [-0.2, -0.15) is 5.10 Å². The second-order valence-corrected chi connectivity index (χ2v) is 6.88. The highest BCUT2D eigenvalue weighted by Crippen LogP contribution is 2.24. The molecule has 0 spiro atoms. The number of amides is 1. The number of benzene rings is 2. The van der Waals surface area contributed by atoms with Crippen LogP contribution in [0.1, 0.15) is 27.9 Å². The first-order chi connectivity index (χ1) is 13.1. The molecule has 27 heavy (non-hydrogen) atoms. The van der Waals surface area contributed by atoms with Gasteiger partial charge >= 0.3 is 0 Å². The van der Waals surface area contributed by atoms with E-state index in [-0.39, 0.29) is 18.0 Å². The SMILES string of the molecule is O=C(NCc1cccc(C(F)F)c1)c1cnn(-c2nc3ccccc3s2)c1. The Hall–Kier alpha value is -3.13. The number of carbonyl (C=O) groups excluding carboxylic acids is 1. The monoisotopic (exact) mass is 384 g/mol. The van der Waals surface area contributed by atoms with Gasteiger partial charge < -0.3 is 5.32 Å². The lowest BCUT2D eigenvalue weighted by Crippen LogP contribution is -2.22. The van der Waals surface area contributed by atoms with Crippen LogP contribution in [-0.4, -0.2) is 20.7 Å². The molecular formula is C19H14F2N4OS. The van der Waals surface area contributed by atoms with E-state index in [1.54, 1.807) is 23.0 Å². The van der Waals surface area contributed by atoms with Crippen LogP contribution in [0, 0.1) is 0 Å². The summed E-state index contributed by atoms with van der Waals surface area (Å²) in [5.74, 6) is -0.329. The Morgan fingerprint density at radius 3 is 2.85 bits per heavy atom. The van der Waals surface area contributed by atoms with Crippen LogP contribution in [0.2, 0.25) is 0 Å². The van der Waals surface area contributed by atoms with E-state index in [4.69, 9.17) is 0 Å². The van der Waals surface area contributed by atoms with Crippen molar-refractivity contribution in [3.8, 4) is 5.13 Å². The fourth-order valence-corrected chi connectivity index (χ4v) is 3.52. The third kappa shape index (κ3) is 3.70. The van der Waals surface area contributed by atoms with Gasteiger partial charge in [0.05, 0.1) is 22.0 Å². The van der Waals surface area contributed by atoms with Gasteiger partial charge in [-0.3, -0.25) is 4.79 Å². The smallest absolute Gasteiger partial charge is 0.263 e. The van der Waals surface area contributed by atoms with Crippen LogP contribution in [0.4, 0.5) is 8.78 Å². The Bertz CT molecular complexity index is 1070. The van der Waals surface area contributed by atoms with Crippen LogP contribution in [-0.2, 0) is 6.54 Å². The van der Waals surface area contributed by atoms with Crippen LogP contribution >= 0.6 is 11.3 Å². The molecule has 5 nitrogen and oxygen atoms in total. The fraction of sp³-hybridized carbons (Fsp3) is 0.105. The number of hydrogen-bond acceptors (Lipinski definition) is 4. The number of thiazole rings is 1. The number of rotatable bonds is 5. The molecule has 0 atom stereocenters. The van der Waals surface area contributed by atoms with Crippen molar-refractivity contribution < 1.29 is 13.6 Å². The topological polar surface area (TPSA) is 59.8 Å².